The Labute approximate surface area is 73.5 Å². The average Bonchev–Trinajstić information content (AvgIpc) is 2.05. The zero-order valence-electron chi connectivity index (χ0n) is 7.54. The fourth-order valence-corrected chi connectivity index (χ4v) is 1.03. The van der Waals surface area contributed by atoms with Crippen LogP contribution >= 0.6 is 0 Å². The first kappa shape index (κ1) is 8.72. The van der Waals surface area contributed by atoms with Gasteiger partial charge in [-0.05, 0) is 19.4 Å². The molecule has 0 saturated carbocycles. The summed E-state index contributed by atoms with van der Waals surface area (Å²) in [5, 5.41) is 0. The molecule has 0 N–H and O–H groups in total. The normalized spacial score (nSPS) is 11.3. The maximum absolute atomic E-state index is 4.27. The molecule has 0 aromatic heterocycles. The first-order chi connectivity index (χ1) is 5.70. The fraction of sp³-hybridized carbons (Fsp3) is 0.182. The summed E-state index contributed by atoms with van der Waals surface area (Å²) in [7, 11) is 0. The Morgan fingerprint density at radius 3 is 2.25 bits per heavy atom. The van der Waals surface area contributed by atoms with Gasteiger partial charge in [-0.25, -0.2) is 0 Å². The summed E-state index contributed by atoms with van der Waals surface area (Å²) in [5.74, 6) is 0. The molecule has 0 aliphatic carbocycles. The minimum atomic E-state index is 0.844. The Kier molecular flexibility index (Phi) is 2.81. The molecule has 0 atom stereocenters. The van der Waals surface area contributed by atoms with Crippen molar-refractivity contribution in [3.8, 4) is 0 Å². The number of hydrogen-bond donors (Lipinski definition) is 0. The maximum Gasteiger partial charge on any atom is 0.0447 e. The van der Waals surface area contributed by atoms with Crippen LogP contribution in [-0.4, -0.2) is 5.71 Å². The van der Waals surface area contributed by atoms with Gasteiger partial charge in [-0.2, -0.15) is 0 Å². The topological polar surface area (TPSA) is 12.4 Å². The quantitative estimate of drug-likeness (QED) is 0.588. The van der Waals surface area contributed by atoms with Crippen LogP contribution in [0, 0.1) is 0 Å². The summed E-state index contributed by atoms with van der Waals surface area (Å²) in [6.07, 6.45) is 0. The molecule has 12 heavy (non-hydrogen) atoms. The second kappa shape index (κ2) is 3.86. The van der Waals surface area contributed by atoms with Crippen molar-refractivity contribution in [2.75, 3.05) is 0 Å². The van der Waals surface area contributed by atoms with E-state index in [-0.39, 0.29) is 0 Å². The Morgan fingerprint density at radius 1 is 1.17 bits per heavy atom. The van der Waals surface area contributed by atoms with Gasteiger partial charge in [0.15, 0.2) is 0 Å². The van der Waals surface area contributed by atoms with Crippen molar-refractivity contribution in [1.29, 1.82) is 0 Å². The van der Waals surface area contributed by atoms with Crippen molar-refractivity contribution in [1.82, 2.24) is 0 Å². The highest BCUT2D eigenvalue weighted by atomic mass is 14.7. The van der Waals surface area contributed by atoms with Gasteiger partial charge in [0.25, 0.3) is 0 Å². The Balaban J connectivity index is 2.93. The molecular weight excluding hydrogens is 146 g/mol. The van der Waals surface area contributed by atoms with Crippen LogP contribution in [0.25, 0.3) is 0 Å². The Morgan fingerprint density at radius 2 is 1.75 bits per heavy atom. The largest absolute Gasteiger partial charge is 0.258 e. The lowest BCUT2D eigenvalue weighted by molar-refractivity contribution is 1.31. The molecule has 1 aromatic rings. The van der Waals surface area contributed by atoms with Crippen LogP contribution in [0.3, 0.4) is 0 Å². The van der Waals surface area contributed by atoms with Crippen LogP contribution in [0.5, 0.6) is 0 Å². The number of aliphatic imine (C=N–C) groups is 1. The number of hydrogen-bond acceptors (Lipinski definition) is 1. The van der Waals surface area contributed by atoms with Gasteiger partial charge in [0.2, 0.25) is 0 Å². The van der Waals surface area contributed by atoms with Crippen molar-refractivity contribution in [2.24, 2.45) is 4.99 Å². The fourth-order valence-electron chi connectivity index (χ4n) is 1.03. The second-order valence-corrected chi connectivity index (χ2v) is 2.80. The van der Waals surface area contributed by atoms with Crippen molar-refractivity contribution in [2.45, 2.75) is 13.8 Å². The van der Waals surface area contributed by atoms with Crippen LogP contribution in [0.4, 0.5) is 0 Å². The monoisotopic (exact) mass is 159 g/mol. The molecule has 0 unspecified atom stereocenters. The van der Waals surface area contributed by atoms with E-state index < -0.39 is 0 Å². The third-order valence-corrected chi connectivity index (χ3v) is 1.55. The highest BCUT2D eigenvalue weighted by Crippen LogP contribution is 2.02. The highest BCUT2D eigenvalue weighted by molar-refractivity contribution is 5.99. The minimum Gasteiger partial charge on any atom is -0.258 e. The van der Waals surface area contributed by atoms with E-state index in [0.717, 1.165) is 17.0 Å². The zero-order chi connectivity index (χ0) is 8.97. The van der Waals surface area contributed by atoms with E-state index in [1.54, 1.807) is 0 Å². The predicted molar refractivity (Wildman–Crippen MR) is 53.5 cm³/mol. The molecule has 62 valence electrons. The molecule has 1 aromatic carbocycles. The van der Waals surface area contributed by atoms with Crippen molar-refractivity contribution in [3.63, 3.8) is 0 Å². The van der Waals surface area contributed by atoms with Crippen LogP contribution in [-0.2, 0) is 0 Å². The van der Waals surface area contributed by atoms with E-state index in [2.05, 4.69) is 11.6 Å². The molecule has 1 nitrogen and oxygen atoms in total. The minimum absolute atomic E-state index is 0.844. The Bertz CT molecular complexity index is 296. The van der Waals surface area contributed by atoms with E-state index in [1.165, 1.54) is 0 Å². The summed E-state index contributed by atoms with van der Waals surface area (Å²) in [6, 6.07) is 10.1. The van der Waals surface area contributed by atoms with E-state index >= 15 is 0 Å². The van der Waals surface area contributed by atoms with Crippen molar-refractivity contribution in [3.05, 3.63) is 48.2 Å². The standard InChI is InChI=1S/C11H13N/c1-9(2)12-10(3)11-7-5-4-6-8-11/h4-8H,1H2,2-3H3. The smallest absolute Gasteiger partial charge is 0.0447 e. The third-order valence-electron chi connectivity index (χ3n) is 1.55. The third kappa shape index (κ3) is 2.35. The van der Waals surface area contributed by atoms with Gasteiger partial charge in [-0.3, -0.25) is 4.99 Å². The molecule has 0 aliphatic rings. The van der Waals surface area contributed by atoms with Gasteiger partial charge in [0, 0.05) is 11.4 Å². The molecular formula is C11H13N. The summed E-state index contributed by atoms with van der Waals surface area (Å²) >= 11 is 0. The van der Waals surface area contributed by atoms with E-state index in [1.807, 2.05) is 44.2 Å². The van der Waals surface area contributed by atoms with E-state index in [9.17, 15) is 0 Å². The summed E-state index contributed by atoms with van der Waals surface area (Å²) in [4.78, 5) is 4.27. The number of rotatable bonds is 2. The lowest BCUT2D eigenvalue weighted by atomic mass is 10.1. The van der Waals surface area contributed by atoms with Gasteiger partial charge < -0.3 is 0 Å². The molecule has 0 heterocycles. The number of allylic oxidation sites excluding steroid dienone is 1. The predicted octanol–water partition coefficient (Wildman–Crippen LogP) is 3.03. The first-order valence-electron chi connectivity index (χ1n) is 3.96. The van der Waals surface area contributed by atoms with Gasteiger partial charge >= 0.3 is 0 Å². The lowest BCUT2D eigenvalue weighted by Crippen LogP contribution is -1.93. The highest BCUT2D eigenvalue weighted by Gasteiger charge is 1.93. The average molecular weight is 159 g/mol. The lowest BCUT2D eigenvalue weighted by Gasteiger charge is -1.98. The zero-order valence-corrected chi connectivity index (χ0v) is 7.54. The van der Waals surface area contributed by atoms with Crippen LogP contribution in [0.15, 0.2) is 47.6 Å². The SMILES string of the molecule is C=C(C)N=C(C)c1ccccc1. The Hall–Kier alpha value is -1.37. The molecule has 0 fully saturated rings. The maximum atomic E-state index is 4.27. The van der Waals surface area contributed by atoms with E-state index in [0.29, 0.717) is 0 Å². The number of nitrogens with zero attached hydrogens (tertiary/aromatic N) is 1. The van der Waals surface area contributed by atoms with Crippen molar-refractivity contribution < 1.29 is 0 Å². The summed E-state index contributed by atoms with van der Waals surface area (Å²) in [6.45, 7) is 7.62. The molecule has 0 spiro atoms. The van der Waals surface area contributed by atoms with Gasteiger partial charge in [0.1, 0.15) is 0 Å². The van der Waals surface area contributed by atoms with Gasteiger partial charge in [0.05, 0.1) is 0 Å². The molecule has 1 rings (SSSR count). The number of benzene rings is 1. The van der Waals surface area contributed by atoms with Crippen LogP contribution in [0.2, 0.25) is 0 Å². The molecule has 0 saturated heterocycles. The summed E-state index contributed by atoms with van der Waals surface area (Å²) in [5.41, 5.74) is 3.01. The second-order valence-electron chi connectivity index (χ2n) is 2.80. The van der Waals surface area contributed by atoms with Gasteiger partial charge in [-0.15, -0.1) is 0 Å². The van der Waals surface area contributed by atoms with Crippen LogP contribution < -0.4 is 0 Å². The van der Waals surface area contributed by atoms with Gasteiger partial charge in [-0.1, -0.05) is 36.9 Å². The summed E-state index contributed by atoms with van der Waals surface area (Å²) < 4.78 is 0. The first-order valence-corrected chi connectivity index (χ1v) is 3.96. The van der Waals surface area contributed by atoms with Crippen LogP contribution in [0.1, 0.15) is 19.4 Å². The molecule has 0 amide bonds. The molecule has 0 aliphatic heterocycles. The van der Waals surface area contributed by atoms with E-state index in [4.69, 9.17) is 0 Å². The molecule has 0 radical (unpaired) electrons. The molecule has 0 bridgehead atoms. The molecule has 1 heteroatoms. The van der Waals surface area contributed by atoms with Crippen molar-refractivity contribution >= 4 is 5.71 Å².